The molecule has 0 amide bonds. The Hall–Kier alpha value is 1.56. The van der Waals surface area contributed by atoms with Crippen LogP contribution in [0.1, 0.15) is 0 Å². The summed E-state index contributed by atoms with van der Waals surface area (Å²) in [5.41, 5.74) is 0. The first-order chi connectivity index (χ1) is 3.73. The molecule has 11 heteroatoms. The molecule has 11 heavy (non-hydrogen) atoms. The predicted molar refractivity (Wildman–Crippen MR) is 22.0 cm³/mol. The molecule has 0 aromatic heterocycles. The van der Waals surface area contributed by atoms with Gasteiger partial charge in [-0.05, 0) is 0 Å². The van der Waals surface area contributed by atoms with Crippen molar-refractivity contribution in [1.29, 1.82) is 0 Å². The van der Waals surface area contributed by atoms with Crippen LogP contribution < -0.4 is 29.6 Å². The van der Waals surface area contributed by atoms with Crippen LogP contribution in [0.5, 0.6) is 0 Å². The van der Waals surface area contributed by atoms with Gasteiger partial charge in [0.05, 0.1) is 0 Å². The molecule has 0 aromatic carbocycles. The van der Waals surface area contributed by atoms with Crippen molar-refractivity contribution < 1.29 is 79.9 Å². The molecule has 0 saturated carbocycles. The summed E-state index contributed by atoms with van der Waals surface area (Å²) in [6, 6.07) is 0. The molecule has 0 aromatic rings. The maximum Gasteiger partial charge on any atom is 2.00 e. The third-order valence-electron chi connectivity index (χ3n) is 0. The first kappa shape index (κ1) is 22.9. The van der Waals surface area contributed by atoms with Crippen LogP contribution in [0.3, 0.4) is 0 Å². The molecule has 0 atom stereocenters. The molecular weight excluding hydrogens is 265 g/mol. The maximum absolute atomic E-state index is 8.63. The van der Waals surface area contributed by atoms with Gasteiger partial charge in [0.1, 0.15) is 0 Å². The fraction of sp³-hybridized carbons (Fsp3) is 0. The van der Waals surface area contributed by atoms with E-state index in [2.05, 4.69) is 0 Å². The van der Waals surface area contributed by atoms with E-state index in [0.29, 0.717) is 0 Å². The van der Waals surface area contributed by atoms with Crippen LogP contribution in [-0.2, 0) is 41.2 Å². The van der Waals surface area contributed by atoms with Crippen molar-refractivity contribution in [3.63, 3.8) is 0 Å². The van der Waals surface area contributed by atoms with Crippen molar-refractivity contribution in [3.05, 3.63) is 0 Å². The van der Waals surface area contributed by atoms with E-state index in [9.17, 15) is 0 Å². The van der Waals surface area contributed by atoms with E-state index in [1.54, 1.807) is 0 Å². The molecule has 0 fully saturated rings. The quantitative estimate of drug-likeness (QED) is 0.200. The fourth-order valence-corrected chi connectivity index (χ4v) is 0. The number of hydrogen-bond donors (Lipinski definition) is 1. The van der Waals surface area contributed by atoms with Gasteiger partial charge >= 0.3 is 49.0 Å². The van der Waals surface area contributed by atoms with E-state index in [1.165, 1.54) is 0 Å². The number of rotatable bonds is 0. The van der Waals surface area contributed by atoms with Crippen molar-refractivity contribution in [1.82, 2.24) is 0 Å². The zero-order valence-corrected chi connectivity index (χ0v) is 12.0. The summed E-state index contributed by atoms with van der Waals surface area (Å²) < 4.78 is 58.2. The maximum atomic E-state index is 8.63. The minimum absolute atomic E-state index is 0. The summed E-state index contributed by atoms with van der Waals surface area (Å²) in [6.45, 7) is 0. The van der Waals surface area contributed by atoms with Gasteiger partial charge in [0.2, 0.25) is 10.4 Å². The average Bonchev–Trinajstić information content (AvgIpc) is 1.19. The van der Waals surface area contributed by atoms with Crippen LogP contribution in [0, 0.1) is 0 Å². The Balaban J connectivity index is -0.0000000383. The Labute approximate surface area is 101 Å². The van der Waals surface area contributed by atoms with E-state index >= 15 is 0 Å². The van der Waals surface area contributed by atoms with Gasteiger partial charge in [-0.15, -0.1) is 11.4 Å². The largest absolute Gasteiger partial charge is 2.00 e. The molecule has 0 aliphatic carbocycles. The molecule has 0 aliphatic heterocycles. The van der Waals surface area contributed by atoms with E-state index in [1.807, 2.05) is 0 Å². The SMILES string of the molecule is O=S(=O)([O-])O.O=S([O-])[O-].[Na+].[Zn+2]. The first-order valence-corrected chi connectivity index (χ1v) is 3.55. The van der Waals surface area contributed by atoms with E-state index in [-0.39, 0.29) is 49.0 Å². The Morgan fingerprint density at radius 1 is 1.27 bits per heavy atom. The third-order valence-corrected chi connectivity index (χ3v) is 0. The second kappa shape index (κ2) is 11.6. The van der Waals surface area contributed by atoms with Gasteiger partial charge < -0.3 is 13.7 Å². The van der Waals surface area contributed by atoms with E-state index < -0.39 is 21.8 Å². The zero-order valence-electron chi connectivity index (χ0n) is 5.42. The third kappa shape index (κ3) is 433. The van der Waals surface area contributed by atoms with Crippen LogP contribution >= 0.6 is 0 Å². The van der Waals surface area contributed by atoms with E-state index in [4.69, 9.17) is 30.8 Å². The Kier molecular flexibility index (Phi) is 24.1. The standard InChI is InChI=1S/Na.H2O4S.H2O3S.Zn/c;1-5(2,3)4;1-4(2)3;/h;(H2,1,2,3,4);(H2,1,2,3);/q+1;;;+2/p-3. The molecule has 1 N–H and O–H groups in total. The molecule has 0 saturated heterocycles. The second-order valence-corrected chi connectivity index (χ2v) is 1.90. The zero-order chi connectivity index (χ0) is 8.08. The Morgan fingerprint density at radius 2 is 1.27 bits per heavy atom. The van der Waals surface area contributed by atoms with Gasteiger partial charge in [0.15, 0.2) is 0 Å². The van der Waals surface area contributed by atoms with Crippen molar-refractivity contribution in [2.24, 2.45) is 0 Å². The van der Waals surface area contributed by atoms with E-state index in [0.717, 1.165) is 0 Å². The molecule has 0 radical (unpaired) electrons. The van der Waals surface area contributed by atoms with Crippen molar-refractivity contribution in [3.8, 4) is 0 Å². The molecule has 0 spiro atoms. The minimum Gasteiger partial charge on any atom is -0.784 e. The Morgan fingerprint density at radius 3 is 1.27 bits per heavy atom. The monoisotopic (exact) mass is 264 g/mol. The molecule has 0 unspecified atom stereocenters. The molecule has 0 aliphatic rings. The summed E-state index contributed by atoms with van der Waals surface area (Å²) in [5, 5.41) is 0. The molecule has 58 valence electrons. The van der Waals surface area contributed by atoms with Crippen LogP contribution in [0.4, 0.5) is 0 Å². The predicted octanol–water partition coefficient (Wildman–Crippen LogP) is -5.00. The Bertz CT molecular complexity index is 159. The summed E-state index contributed by atoms with van der Waals surface area (Å²) in [7, 11) is -4.92. The van der Waals surface area contributed by atoms with Gasteiger partial charge in [0, 0.05) is 0 Å². The molecule has 7 nitrogen and oxygen atoms in total. The summed E-state index contributed by atoms with van der Waals surface area (Å²) in [6.07, 6.45) is 0. The fourth-order valence-electron chi connectivity index (χ4n) is 0. The first-order valence-electron chi connectivity index (χ1n) is 1.18. The van der Waals surface area contributed by atoms with Crippen LogP contribution in [0.25, 0.3) is 0 Å². The van der Waals surface area contributed by atoms with Gasteiger partial charge in [-0.1, -0.05) is 0 Å². The van der Waals surface area contributed by atoms with Crippen molar-refractivity contribution in [2.45, 2.75) is 0 Å². The molecular formula is HNaO7S2Zn. The van der Waals surface area contributed by atoms with Gasteiger partial charge in [-0.3, -0.25) is 8.76 Å². The summed E-state index contributed by atoms with van der Waals surface area (Å²) in [4.78, 5) is 0. The smallest absolute Gasteiger partial charge is 0.784 e. The van der Waals surface area contributed by atoms with Crippen molar-refractivity contribution in [2.75, 3.05) is 0 Å². The molecule has 0 rings (SSSR count). The summed E-state index contributed by atoms with van der Waals surface area (Å²) >= 11 is -3.11. The molecule has 0 bridgehead atoms. The van der Waals surface area contributed by atoms with Gasteiger partial charge in [0.25, 0.3) is 0 Å². The van der Waals surface area contributed by atoms with Gasteiger partial charge in [-0.2, -0.15) is 0 Å². The topological polar surface area (TPSA) is 141 Å². The minimum atomic E-state index is -4.92. The average molecular weight is 266 g/mol. The second-order valence-electron chi connectivity index (χ2n) is 0.632. The van der Waals surface area contributed by atoms with Gasteiger partial charge in [-0.25, -0.2) is 8.42 Å². The van der Waals surface area contributed by atoms with Crippen LogP contribution in [0.15, 0.2) is 0 Å². The normalized spacial score (nSPS) is 8.45. The molecule has 0 heterocycles. The number of hydrogen-bond acceptors (Lipinski definition) is 6. The van der Waals surface area contributed by atoms with Crippen LogP contribution in [-0.4, -0.2) is 30.8 Å². The van der Waals surface area contributed by atoms with Crippen molar-refractivity contribution >= 4 is 21.8 Å². The van der Waals surface area contributed by atoms with Crippen LogP contribution in [0.2, 0.25) is 0 Å². The summed E-state index contributed by atoms with van der Waals surface area (Å²) in [5.74, 6) is 0.